The third kappa shape index (κ3) is 1.99. The Kier molecular flexibility index (Phi) is 3.11. The largest absolute Gasteiger partial charge is 0.461 e. The van der Waals surface area contributed by atoms with Gasteiger partial charge in [0.1, 0.15) is 18.0 Å². The van der Waals surface area contributed by atoms with E-state index in [-0.39, 0.29) is 59.7 Å². The summed E-state index contributed by atoms with van der Waals surface area (Å²) in [4.78, 5) is 24.6. The molecule has 5 heteroatoms. The van der Waals surface area contributed by atoms with Crippen molar-refractivity contribution in [3.05, 3.63) is 12.2 Å². The first-order valence-corrected chi connectivity index (χ1v) is 8.49. The van der Waals surface area contributed by atoms with Gasteiger partial charge in [-0.3, -0.25) is 9.59 Å². The highest BCUT2D eigenvalue weighted by atomic mass is 16.8. The Balaban J connectivity index is 1.81. The number of ether oxygens (including phenoxy) is 3. The van der Waals surface area contributed by atoms with Crippen LogP contribution in [0.2, 0.25) is 0 Å². The molecule has 0 amide bonds. The summed E-state index contributed by atoms with van der Waals surface area (Å²) in [5.41, 5.74) is 0.931. The van der Waals surface area contributed by atoms with Crippen LogP contribution in [0.1, 0.15) is 34.1 Å². The van der Waals surface area contributed by atoms with Gasteiger partial charge < -0.3 is 14.2 Å². The van der Waals surface area contributed by atoms with Crippen LogP contribution in [0.3, 0.4) is 0 Å². The molecule has 4 fully saturated rings. The van der Waals surface area contributed by atoms with Gasteiger partial charge in [0.05, 0.1) is 12.0 Å². The fraction of sp³-hybridized carbons (Fsp3) is 0.778. The molecule has 5 nitrogen and oxygen atoms in total. The van der Waals surface area contributed by atoms with Crippen molar-refractivity contribution < 1.29 is 23.8 Å². The number of hydrogen-bond donors (Lipinski definition) is 0. The second kappa shape index (κ2) is 4.67. The van der Waals surface area contributed by atoms with Gasteiger partial charge >= 0.3 is 5.97 Å². The van der Waals surface area contributed by atoms with Gasteiger partial charge in [0, 0.05) is 24.2 Å². The normalized spacial score (nSPS) is 51.0. The molecule has 2 saturated heterocycles. The molecular formula is C18H24O5. The lowest BCUT2D eigenvalue weighted by Crippen LogP contribution is -2.40. The minimum absolute atomic E-state index is 0.00480. The molecule has 23 heavy (non-hydrogen) atoms. The number of Topliss-reactive ketones (excluding diaryl/α,β-unsaturated/α-hetero) is 1. The van der Waals surface area contributed by atoms with Crippen LogP contribution >= 0.6 is 0 Å². The fourth-order valence-corrected chi connectivity index (χ4v) is 5.13. The average Bonchev–Trinajstić information content (AvgIpc) is 3.02. The summed E-state index contributed by atoms with van der Waals surface area (Å²) in [6, 6.07) is 0. The van der Waals surface area contributed by atoms with Crippen LogP contribution in [0.15, 0.2) is 12.2 Å². The van der Waals surface area contributed by atoms with Crippen LogP contribution in [-0.2, 0) is 23.8 Å². The Bertz CT molecular complexity index is 594. The standard InChI is InChI=1S/C18H24O5/c1-7-10-6-11(19)8(2)12(10)15-13(9(3)17(20)21-15)16-14(7)22-18(4,5)23-16/h8-10,12-16H,1,6H2,2-5H3. The molecule has 2 aliphatic carbocycles. The first kappa shape index (κ1) is 15.3. The maximum atomic E-state index is 12.3. The summed E-state index contributed by atoms with van der Waals surface area (Å²) in [6.45, 7) is 11.9. The van der Waals surface area contributed by atoms with Gasteiger partial charge in [-0.2, -0.15) is 0 Å². The highest BCUT2D eigenvalue weighted by Gasteiger charge is 2.63. The molecular weight excluding hydrogens is 296 g/mol. The molecule has 8 unspecified atom stereocenters. The third-order valence-electron chi connectivity index (χ3n) is 6.28. The van der Waals surface area contributed by atoms with Gasteiger partial charge in [0.25, 0.3) is 0 Å². The minimum atomic E-state index is -0.713. The molecule has 2 saturated carbocycles. The van der Waals surface area contributed by atoms with Crippen LogP contribution in [0, 0.1) is 29.6 Å². The molecule has 2 heterocycles. The van der Waals surface area contributed by atoms with Crippen molar-refractivity contribution in [1.82, 2.24) is 0 Å². The summed E-state index contributed by atoms with van der Waals surface area (Å²) in [5.74, 6) is -1.12. The van der Waals surface area contributed by atoms with Crippen LogP contribution in [0.25, 0.3) is 0 Å². The molecule has 2 aliphatic heterocycles. The van der Waals surface area contributed by atoms with E-state index in [9.17, 15) is 9.59 Å². The first-order chi connectivity index (χ1) is 10.7. The molecule has 4 rings (SSSR count). The van der Waals surface area contributed by atoms with Crippen molar-refractivity contribution in [2.75, 3.05) is 0 Å². The molecule has 0 aromatic carbocycles. The highest BCUT2D eigenvalue weighted by Crippen LogP contribution is 2.55. The Labute approximate surface area is 136 Å². The van der Waals surface area contributed by atoms with E-state index < -0.39 is 5.79 Å². The molecule has 0 radical (unpaired) electrons. The second-order valence-corrected chi connectivity index (χ2v) is 8.01. The third-order valence-corrected chi connectivity index (χ3v) is 6.28. The Morgan fingerprint density at radius 3 is 2.43 bits per heavy atom. The van der Waals surface area contributed by atoms with Crippen molar-refractivity contribution in [2.45, 2.75) is 58.2 Å². The van der Waals surface area contributed by atoms with E-state index in [0.717, 1.165) is 5.57 Å². The van der Waals surface area contributed by atoms with Gasteiger partial charge in [0.15, 0.2) is 5.79 Å². The minimum Gasteiger partial charge on any atom is -0.461 e. The molecule has 4 aliphatic rings. The van der Waals surface area contributed by atoms with E-state index in [1.54, 1.807) is 0 Å². The predicted molar refractivity (Wildman–Crippen MR) is 81.3 cm³/mol. The Morgan fingerprint density at radius 1 is 1.04 bits per heavy atom. The zero-order valence-corrected chi connectivity index (χ0v) is 14.1. The van der Waals surface area contributed by atoms with Crippen molar-refractivity contribution in [3.63, 3.8) is 0 Å². The summed E-state index contributed by atoms with van der Waals surface area (Å²) in [7, 11) is 0. The van der Waals surface area contributed by atoms with E-state index in [0.29, 0.717) is 6.42 Å². The van der Waals surface area contributed by atoms with Crippen LogP contribution in [0.5, 0.6) is 0 Å². The van der Waals surface area contributed by atoms with Gasteiger partial charge in [-0.25, -0.2) is 0 Å². The number of rotatable bonds is 0. The van der Waals surface area contributed by atoms with Crippen molar-refractivity contribution in [2.24, 2.45) is 29.6 Å². The zero-order chi connectivity index (χ0) is 16.7. The van der Waals surface area contributed by atoms with Crippen molar-refractivity contribution in [3.8, 4) is 0 Å². The maximum Gasteiger partial charge on any atom is 0.309 e. The van der Waals surface area contributed by atoms with Gasteiger partial charge in [-0.15, -0.1) is 0 Å². The molecule has 126 valence electrons. The first-order valence-electron chi connectivity index (χ1n) is 8.49. The molecule has 0 aromatic heterocycles. The Morgan fingerprint density at radius 2 is 1.74 bits per heavy atom. The summed E-state index contributed by atoms with van der Waals surface area (Å²) in [6.07, 6.45) is -0.333. The average molecular weight is 320 g/mol. The number of carbonyl (C=O) groups excluding carboxylic acids is 2. The quantitative estimate of drug-likeness (QED) is 0.505. The number of hydrogen-bond acceptors (Lipinski definition) is 5. The Hall–Kier alpha value is -1.20. The van der Waals surface area contributed by atoms with Crippen LogP contribution < -0.4 is 0 Å². The van der Waals surface area contributed by atoms with E-state index in [2.05, 4.69) is 6.58 Å². The maximum absolute atomic E-state index is 12.3. The summed E-state index contributed by atoms with van der Waals surface area (Å²) >= 11 is 0. The van der Waals surface area contributed by atoms with Gasteiger partial charge in [0.2, 0.25) is 0 Å². The number of esters is 1. The number of ketones is 1. The summed E-state index contributed by atoms with van der Waals surface area (Å²) in [5, 5.41) is 0. The van der Waals surface area contributed by atoms with Crippen molar-refractivity contribution >= 4 is 11.8 Å². The lowest BCUT2D eigenvalue weighted by atomic mass is 9.77. The highest BCUT2D eigenvalue weighted by molar-refractivity contribution is 5.85. The predicted octanol–water partition coefficient (Wildman–Crippen LogP) is 2.10. The monoisotopic (exact) mass is 320 g/mol. The topological polar surface area (TPSA) is 61.8 Å². The molecule has 0 bridgehead atoms. The zero-order valence-electron chi connectivity index (χ0n) is 14.1. The van der Waals surface area contributed by atoms with Crippen molar-refractivity contribution in [1.29, 1.82) is 0 Å². The van der Waals surface area contributed by atoms with E-state index >= 15 is 0 Å². The van der Waals surface area contributed by atoms with E-state index in [4.69, 9.17) is 14.2 Å². The van der Waals surface area contributed by atoms with E-state index in [1.807, 2.05) is 27.7 Å². The lowest BCUT2D eigenvalue weighted by molar-refractivity contribution is -0.157. The fourth-order valence-electron chi connectivity index (χ4n) is 5.13. The lowest BCUT2D eigenvalue weighted by Gasteiger charge is -2.30. The molecule has 0 N–H and O–H groups in total. The number of carbonyl (C=O) groups is 2. The number of fused-ring (bicyclic) bond motifs is 5. The van der Waals surface area contributed by atoms with E-state index in [1.165, 1.54) is 0 Å². The summed E-state index contributed by atoms with van der Waals surface area (Å²) < 4.78 is 18.0. The van der Waals surface area contributed by atoms with Gasteiger partial charge in [-0.05, 0) is 25.3 Å². The van der Waals surface area contributed by atoms with Crippen LogP contribution in [-0.4, -0.2) is 35.9 Å². The molecule has 0 spiro atoms. The smallest absolute Gasteiger partial charge is 0.309 e. The van der Waals surface area contributed by atoms with Crippen LogP contribution in [0.4, 0.5) is 0 Å². The SMILES string of the molecule is C=C1C2CC(=O)C(C)C2C2OC(=O)C(C)C2C2OC(C)(C)OC12. The van der Waals surface area contributed by atoms with Gasteiger partial charge in [-0.1, -0.05) is 20.4 Å². The molecule has 8 atom stereocenters. The molecule has 0 aromatic rings. The second-order valence-electron chi connectivity index (χ2n) is 8.01.